The number of aromatic nitrogens is 3. The maximum absolute atomic E-state index is 7.10. The van der Waals surface area contributed by atoms with Gasteiger partial charge in [0.05, 0.1) is 11.0 Å². The molecule has 5 aliphatic rings. The smallest absolute Gasteiger partial charge is 0.135 e. The number of pyridine rings is 1. The van der Waals surface area contributed by atoms with Crippen molar-refractivity contribution in [1.82, 2.24) is 14.1 Å². The fourth-order valence-corrected chi connectivity index (χ4v) is 16.3. The van der Waals surface area contributed by atoms with E-state index in [0.29, 0.717) is 23.3 Å². The summed E-state index contributed by atoms with van der Waals surface area (Å²) in [5.74, 6) is 4.85. The Hall–Kier alpha value is -8.96. The van der Waals surface area contributed by atoms with Gasteiger partial charge in [-0.2, -0.15) is 6.07 Å². The fraction of sp³-hybridized carbons (Fsp3) is 0.175. The minimum Gasteiger partial charge on any atom is -0.509 e. The first kappa shape index (κ1) is 53.5. The van der Waals surface area contributed by atoms with Crippen molar-refractivity contribution in [3.8, 4) is 45.3 Å². The van der Waals surface area contributed by atoms with Crippen LogP contribution < -0.4 is 14.5 Å². The van der Waals surface area contributed by atoms with Crippen LogP contribution in [0, 0.1) is 42.5 Å². The molecule has 7 heteroatoms. The topological polar surface area (TPSA) is 38.5 Å². The first-order valence-electron chi connectivity index (χ1n) is 30.8. The number of hydrogen-bond donors (Lipinski definition) is 0. The number of rotatable bonds is 10. The molecule has 4 aliphatic carbocycles. The van der Waals surface area contributed by atoms with Gasteiger partial charge < -0.3 is 23.7 Å². The van der Waals surface area contributed by atoms with E-state index < -0.39 is 0 Å². The summed E-state index contributed by atoms with van der Waals surface area (Å²) >= 11 is 0. The molecule has 0 atom stereocenters. The molecule has 18 rings (SSSR count). The SMILES string of the molecule is CC(C)(C)c1cc(Oc2[c-]c3c(cc2)c2ccccc2n3-c2cc(C3(c4ccc(-n5c6ccccc6c6ccccc65)cc4)C4CC5CC(C4)CC3C5)ccn2)[c-]c(N2[CH-]N(c3c(-c4ccccc4)cccc3-c3ccccc3)c3ccccc32)c1.[Pt]. The quantitative estimate of drug-likeness (QED) is 0.128. The van der Waals surface area contributed by atoms with Gasteiger partial charge >= 0.3 is 0 Å². The standard InChI is InChI=1S/C80H64N5O.Pt/c1-79(2,3)58-46-62(82-51-83(75-32-17-16-31-74(75)82)78-65(54-19-6-4-7-20-54)26-18-27-66(78)55-21-8-5-9-22-55)49-64(47-58)86-63-37-38-70-69-25-12-15-30-73(69)85(76(70)50-63)77-48-57(39-40-81-77)80(59-42-52-41-53(44-59)45-60(80)43-52)56-33-35-61(36-34-56)84-71-28-13-10-23-67(71)68-24-11-14-29-72(68)84;/h4-40,46-48,51-53,59-60H,41-45H2,1-3H3;/q-3;. The Kier molecular flexibility index (Phi) is 12.8. The molecule has 87 heavy (non-hydrogen) atoms. The summed E-state index contributed by atoms with van der Waals surface area (Å²) in [6.07, 6.45) is 8.57. The third kappa shape index (κ3) is 8.64. The number of ether oxygens (including phenoxy) is 1. The summed E-state index contributed by atoms with van der Waals surface area (Å²) in [6.45, 7) is 9.02. The number of nitrogens with zero attached hydrogens (tertiary/aromatic N) is 5. The largest absolute Gasteiger partial charge is 0.509 e. The Morgan fingerprint density at radius 3 is 1.64 bits per heavy atom. The van der Waals surface area contributed by atoms with Crippen molar-refractivity contribution >= 4 is 66.4 Å². The van der Waals surface area contributed by atoms with Crippen LogP contribution in [0.3, 0.4) is 0 Å². The molecule has 13 aromatic rings. The second-order valence-electron chi connectivity index (χ2n) is 25.7. The summed E-state index contributed by atoms with van der Waals surface area (Å²) < 4.78 is 11.9. The van der Waals surface area contributed by atoms with Gasteiger partial charge in [0.15, 0.2) is 0 Å². The van der Waals surface area contributed by atoms with Crippen LogP contribution in [-0.4, -0.2) is 14.1 Å². The van der Waals surface area contributed by atoms with Crippen molar-refractivity contribution < 1.29 is 25.8 Å². The molecule has 6 nitrogen and oxygen atoms in total. The molecule has 4 bridgehead atoms. The Labute approximate surface area is 523 Å². The third-order valence-electron chi connectivity index (χ3n) is 19.9. The number of para-hydroxylation sites is 6. The van der Waals surface area contributed by atoms with Crippen molar-refractivity contribution in [2.75, 3.05) is 9.80 Å². The number of fused-ring (bicyclic) bond motifs is 7. The molecule has 1 aliphatic heterocycles. The van der Waals surface area contributed by atoms with Gasteiger partial charge in [-0.1, -0.05) is 184 Å². The van der Waals surface area contributed by atoms with E-state index in [1.54, 1.807) is 0 Å². The Morgan fingerprint density at radius 2 is 1.03 bits per heavy atom. The second kappa shape index (κ2) is 20.9. The maximum Gasteiger partial charge on any atom is 0.135 e. The molecule has 10 aromatic carbocycles. The first-order chi connectivity index (χ1) is 42.2. The summed E-state index contributed by atoms with van der Waals surface area (Å²) in [7, 11) is 0. The average molecular weight is 1310 g/mol. The molecule has 0 unspecified atom stereocenters. The van der Waals surface area contributed by atoms with E-state index >= 15 is 0 Å². The molecule has 428 valence electrons. The van der Waals surface area contributed by atoms with Gasteiger partial charge in [0.1, 0.15) is 5.82 Å². The van der Waals surface area contributed by atoms with Crippen molar-refractivity contribution in [2.24, 2.45) is 23.7 Å². The van der Waals surface area contributed by atoms with Crippen molar-refractivity contribution in [1.29, 1.82) is 0 Å². The van der Waals surface area contributed by atoms with Gasteiger partial charge in [-0.05, 0) is 143 Å². The van der Waals surface area contributed by atoms with Crippen molar-refractivity contribution in [2.45, 2.75) is 63.7 Å². The van der Waals surface area contributed by atoms with Gasteiger partial charge in [0.25, 0.3) is 0 Å². The van der Waals surface area contributed by atoms with Gasteiger partial charge in [0.2, 0.25) is 0 Å². The van der Waals surface area contributed by atoms with Crippen LogP contribution in [0.2, 0.25) is 0 Å². The van der Waals surface area contributed by atoms with Crippen LogP contribution in [0.15, 0.2) is 243 Å². The number of anilines is 4. The van der Waals surface area contributed by atoms with Gasteiger partial charge in [0, 0.05) is 94.3 Å². The zero-order valence-corrected chi connectivity index (χ0v) is 51.2. The minimum absolute atomic E-state index is 0. The maximum atomic E-state index is 7.10. The van der Waals surface area contributed by atoms with E-state index in [1.807, 2.05) is 0 Å². The predicted molar refractivity (Wildman–Crippen MR) is 352 cm³/mol. The van der Waals surface area contributed by atoms with E-state index in [4.69, 9.17) is 9.72 Å². The zero-order valence-electron chi connectivity index (χ0n) is 49.0. The van der Waals surface area contributed by atoms with E-state index in [2.05, 4.69) is 301 Å². The minimum atomic E-state index is -0.207. The van der Waals surface area contributed by atoms with E-state index in [-0.39, 0.29) is 31.9 Å². The van der Waals surface area contributed by atoms with Crippen molar-refractivity contribution in [3.05, 3.63) is 278 Å². The second-order valence-corrected chi connectivity index (χ2v) is 25.7. The summed E-state index contributed by atoms with van der Waals surface area (Å²) in [4.78, 5) is 9.93. The van der Waals surface area contributed by atoms with Gasteiger partial charge in [-0.15, -0.1) is 53.6 Å². The molecule has 3 aromatic heterocycles. The molecule has 4 fully saturated rings. The van der Waals surface area contributed by atoms with Crippen LogP contribution in [0.25, 0.3) is 77.4 Å². The Morgan fingerprint density at radius 1 is 0.483 bits per heavy atom. The molecule has 0 spiro atoms. The van der Waals surface area contributed by atoms with Gasteiger partial charge in [-0.25, -0.2) is 4.98 Å². The molecule has 4 saturated carbocycles. The predicted octanol–water partition coefficient (Wildman–Crippen LogP) is 20.4. The average Bonchev–Trinajstić information content (AvgIpc) is 1.43. The Bertz CT molecular complexity index is 4650. The van der Waals surface area contributed by atoms with E-state index in [1.165, 1.54) is 70.7 Å². The molecule has 0 radical (unpaired) electrons. The molecule has 4 heterocycles. The van der Waals surface area contributed by atoms with E-state index in [0.717, 1.165) is 90.0 Å². The van der Waals surface area contributed by atoms with Crippen LogP contribution >= 0.6 is 0 Å². The first-order valence-corrected chi connectivity index (χ1v) is 30.8. The normalized spacial score (nSPS) is 19.5. The third-order valence-corrected chi connectivity index (χ3v) is 19.9. The van der Waals surface area contributed by atoms with Crippen LogP contribution in [-0.2, 0) is 31.9 Å². The summed E-state index contributed by atoms with van der Waals surface area (Å²) in [5.41, 5.74) is 18.0. The molecule has 0 saturated heterocycles. The molecular formula is C80H64N5OPt-3. The fourth-order valence-electron chi connectivity index (χ4n) is 16.3. The van der Waals surface area contributed by atoms with Crippen LogP contribution in [0.5, 0.6) is 11.5 Å². The van der Waals surface area contributed by atoms with Crippen LogP contribution in [0.4, 0.5) is 22.7 Å². The number of benzene rings is 10. The molecule has 0 amide bonds. The van der Waals surface area contributed by atoms with Crippen LogP contribution in [0.1, 0.15) is 69.6 Å². The monoisotopic (exact) mass is 1310 g/mol. The summed E-state index contributed by atoms with van der Waals surface area (Å²) in [6, 6.07) is 94.1. The number of hydrogen-bond acceptors (Lipinski definition) is 4. The summed E-state index contributed by atoms with van der Waals surface area (Å²) in [5, 5.41) is 4.83. The zero-order chi connectivity index (χ0) is 57.3. The molecular weight excluding hydrogens is 1240 g/mol. The van der Waals surface area contributed by atoms with E-state index in [9.17, 15) is 0 Å². The molecule has 0 N–H and O–H groups in total. The van der Waals surface area contributed by atoms with Crippen molar-refractivity contribution in [3.63, 3.8) is 0 Å². The Balaban J connectivity index is 0.00000612. The van der Waals surface area contributed by atoms with Gasteiger partial charge in [-0.3, -0.25) is 0 Å².